The molecule has 1 rings (SSSR count). The van der Waals surface area contributed by atoms with Gasteiger partial charge in [-0.2, -0.15) is 20.9 Å². The zero-order valence-corrected chi connectivity index (χ0v) is 10.5. The quantitative estimate of drug-likeness (QED) is 0.420. The molecular weight excluding hydrogens is 272 g/mol. The van der Waals surface area contributed by atoms with Gasteiger partial charge in [-0.05, 0) is 24.3 Å². The molecule has 0 aliphatic rings. The summed E-state index contributed by atoms with van der Waals surface area (Å²) in [5.41, 5.74) is 7.40. The molecule has 8 nitrogen and oxygen atoms in total. The van der Waals surface area contributed by atoms with E-state index in [9.17, 15) is 4.79 Å². The molecule has 0 aliphatic carbocycles. The Balaban J connectivity index is 3.00. The first-order valence-corrected chi connectivity index (χ1v) is 5.41. The molecule has 8 heteroatoms. The fourth-order valence-corrected chi connectivity index (χ4v) is 1.22. The Kier molecular flexibility index (Phi) is 5.03. The first-order chi connectivity index (χ1) is 10.0. The van der Waals surface area contributed by atoms with Crippen LogP contribution in [0.2, 0.25) is 0 Å². The lowest BCUT2D eigenvalue weighted by atomic mass is 10.2. The molecular formula is C13H8N6O2. The molecule has 0 spiro atoms. The second-order valence-electron chi connectivity index (χ2n) is 3.58. The van der Waals surface area contributed by atoms with Crippen LogP contribution in [0.4, 0.5) is 5.69 Å². The number of carbonyl (C=O) groups is 1. The summed E-state index contributed by atoms with van der Waals surface area (Å²) in [4.78, 5) is 10.7. The van der Waals surface area contributed by atoms with E-state index in [4.69, 9.17) is 26.6 Å². The van der Waals surface area contributed by atoms with Gasteiger partial charge in [0.25, 0.3) is 0 Å². The second-order valence-corrected chi connectivity index (χ2v) is 3.58. The van der Waals surface area contributed by atoms with E-state index < -0.39 is 11.5 Å². The van der Waals surface area contributed by atoms with E-state index >= 15 is 0 Å². The van der Waals surface area contributed by atoms with Crippen LogP contribution in [-0.2, 0) is 0 Å². The topological polar surface area (TPSA) is 159 Å². The number of nitrogens with two attached hydrogens (primary N) is 1. The maximum atomic E-state index is 10.7. The normalized spacial score (nSPS) is 9.67. The van der Waals surface area contributed by atoms with Gasteiger partial charge in [-0.15, -0.1) is 0 Å². The Hall–Kier alpha value is -3.83. The van der Waals surface area contributed by atoms with Crippen molar-refractivity contribution < 1.29 is 9.90 Å². The Bertz CT molecular complexity index is 725. The lowest BCUT2D eigenvalue weighted by molar-refractivity contribution is 0.0697. The molecule has 0 saturated carbocycles. The van der Waals surface area contributed by atoms with Crippen LogP contribution in [-0.4, -0.2) is 16.8 Å². The highest BCUT2D eigenvalue weighted by molar-refractivity contribution is 6.12. The number of nitrogens with one attached hydrogen (secondary N) is 1. The van der Waals surface area contributed by atoms with Crippen LogP contribution in [0.5, 0.6) is 0 Å². The number of benzene rings is 1. The highest BCUT2D eigenvalue weighted by Gasteiger charge is 2.09. The summed E-state index contributed by atoms with van der Waals surface area (Å²) >= 11 is 0. The summed E-state index contributed by atoms with van der Waals surface area (Å²) in [7, 11) is 0. The van der Waals surface area contributed by atoms with Gasteiger partial charge in [0.05, 0.1) is 16.9 Å². The van der Waals surface area contributed by atoms with Crippen molar-refractivity contribution in [1.29, 1.82) is 15.8 Å². The Morgan fingerprint density at radius 3 is 2.14 bits per heavy atom. The van der Waals surface area contributed by atoms with Gasteiger partial charge in [-0.1, -0.05) is 0 Å². The summed E-state index contributed by atoms with van der Waals surface area (Å²) in [6.45, 7) is 0. The zero-order valence-electron chi connectivity index (χ0n) is 10.5. The number of nitriles is 3. The van der Waals surface area contributed by atoms with Gasteiger partial charge in [0.2, 0.25) is 0 Å². The average molecular weight is 280 g/mol. The number of carboxylic acid groups (broad SMARTS) is 1. The third-order valence-electron chi connectivity index (χ3n) is 2.28. The van der Waals surface area contributed by atoms with E-state index in [-0.39, 0.29) is 17.0 Å². The first kappa shape index (κ1) is 15.2. The second kappa shape index (κ2) is 6.93. The van der Waals surface area contributed by atoms with Crippen molar-refractivity contribution in [3.8, 4) is 18.2 Å². The molecule has 0 saturated heterocycles. The van der Waals surface area contributed by atoms with Crippen molar-refractivity contribution in [2.45, 2.75) is 0 Å². The summed E-state index contributed by atoms with van der Waals surface area (Å²) in [5.74, 6) is -1.07. The fraction of sp³-hybridized carbons (Fsp3) is 0. The standard InChI is InChI=1S/C13H8N6O2/c14-5-9(6-15)12(17)11(7-16)19-18-10-3-1-8(2-4-10)13(20)21/h1-4,18H,17H2,(H,20,21)/b19-11+. The van der Waals surface area contributed by atoms with E-state index in [0.29, 0.717) is 5.69 Å². The molecule has 0 bridgehead atoms. The molecule has 0 aliphatic heterocycles. The van der Waals surface area contributed by atoms with Crippen LogP contribution >= 0.6 is 0 Å². The molecule has 0 amide bonds. The molecule has 1 aromatic rings. The molecule has 0 fully saturated rings. The van der Waals surface area contributed by atoms with Crippen molar-refractivity contribution in [3.05, 3.63) is 41.1 Å². The largest absolute Gasteiger partial charge is 0.478 e. The third kappa shape index (κ3) is 3.82. The zero-order chi connectivity index (χ0) is 15.8. The Morgan fingerprint density at radius 2 is 1.71 bits per heavy atom. The number of aromatic carboxylic acids is 1. The van der Waals surface area contributed by atoms with Crippen LogP contribution < -0.4 is 11.2 Å². The van der Waals surface area contributed by atoms with Crippen molar-refractivity contribution in [2.75, 3.05) is 5.43 Å². The van der Waals surface area contributed by atoms with E-state index in [2.05, 4.69) is 10.5 Å². The van der Waals surface area contributed by atoms with Crippen LogP contribution in [0.25, 0.3) is 0 Å². The number of hydrogen-bond acceptors (Lipinski definition) is 7. The molecule has 4 N–H and O–H groups in total. The molecule has 1 aromatic carbocycles. The van der Waals surface area contributed by atoms with Crippen molar-refractivity contribution in [1.82, 2.24) is 0 Å². The van der Waals surface area contributed by atoms with E-state index in [1.54, 1.807) is 18.2 Å². The summed E-state index contributed by atoms with van der Waals surface area (Å²) in [6.07, 6.45) is 0. The Labute approximate surface area is 119 Å². The van der Waals surface area contributed by atoms with Gasteiger partial charge in [-0.25, -0.2) is 4.79 Å². The van der Waals surface area contributed by atoms with Crippen molar-refractivity contribution >= 4 is 17.4 Å². The molecule has 0 heterocycles. The molecule has 0 aromatic heterocycles. The van der Waals surface area contributed by atoms with Gasteiger partial charge in [0.15, 0.2) is 11.3 Å². The van der Waals surface area contributed by atoms with Gasteiger partial charge >= 0.3 is 5.97 Å². The smallest absolute Gasteiger partial charge is 0.335 e. The van der Waals surface area contributed by atoms with Crippen LogP contribution in [0.1, 0.15) is 10.4 Å². The number of allylic oxidation sites excluding steroid dienone is 2. The fourth-order valence-electron chi connectivity index (χ4n) is 1.22. The predicted molar refractivity (Wildman–Crippen MR) is 72.5 cm³/mol. The van der Waals surface area contributed by atoms with E-state index in [0.717, 1.165) is 0 Å². The lowest BCUT2D eigenvalue weighted by Gasteiger charge is -2.02. The monoisotopic (exact) mass is 280 g/mol. The van der Waals surface area contributed by atoms with Crippen LogP contribution in [0.3, 0.4) is 0 Å². The molecule has 21 heavy (non-hydrogen) atoms. The number of carboxylic acids is 1. The summed E-state index contributed by atoms with van der Waals surface area (Å²) < 4.78 is 0. The van der Waals surface area contributed by atoms with Gasteiger partial charge < -0.3 is 10.8 Å². The van der Waals surface area contributed by atoms with Crippen LogP contribution in [0, 0.1) is 34.0 Å². The lowest BCUT2D eigenvalue weighted by Crippen LogP contribution is -2.13. The summed E-state index contributed by atoms with van der Waals surface area (Å²) in [6, 6.07) is 10.3. The van der Waals surface area contributed by atoms with Crippen molar-refractivity contribution in [2.24, 2.45) is 10.8 Å². The molecule has 102 valence electrons. The minimum Gasteiger partial charge on any atom is -0.478 e. The molecule has 0 atom stereocenters. The highest BCUT2D eigenvalue weighted by Crippen LogP contribution is 2.10. The number of hydrazone groups is 1. The van der Waals surface area contributed by atoms with Crippen LogP contribution in [0.15, 0.2) is 40.6 Å². The first-order valence-electron chi connectivity index (χ1n) is 5.41. The highest BCUT2D eigenvalue weighted by atomic mass is 16.4. The molecule has 0 radical (unpaired) electrons. The maximum absolute atomic E-state index is 10.7. The minimum atomic E-state index is -1.07. The number of rotatable bonds is 4. The third-order valence-corrected chi connectivity index (χ3v) is 2.28. The average Bonchev–Trinajstić information content (AvgIpc) is 2.49. The predicted octanol–water partition coefficient (Wildman–Crippen LogP) is 0.936. The number of hydrogen-bond donors (Lipinski definition) is 3. The number of anilines is 1. The summed E-state index contributed by atoms with van der Waals surface area (Å²) in [5, 5.41) is 38.6. The maximum Gasteiger partial charge on any atom is 0.335 e. The molecule has 0 unspecified atom stereocenters. The van der Waals surface area contributed by atoms with Crippen molar-refractivity contribution in [3.63, 3.8) is 0 Å². The van der Waals surface area contributed by atoms with Gasteiger partial charge in [-0.3, -0.25) is 5.43 Å². The SMILES string of the molecule is N#CC(C#N)=C(N)/C(C#N)=N/Nc1ccc(C(=O)O)cc1. The van der Waals surface area contributed by atoms with E-state index in [1.807, 2.05) is 0 Å². The Morgan fingerprint density at radius 1 is 1.14 bits per heavy atom. The number of nitrogens with zero attached hydrogens (tertiary/aromatic N) is 4. The van der Waals surface area contributed by atoms with Gasteiger partial charge in [0.1, 0.15) is 18.2 Å². The minimum absolute atomic E-state index is 0.0979. The van der Waals surface area contributed by atoms with E-state index in [1.165, 1.54) is 24.3 Å². The van der Waals surface area contributed by atoms with Gasteiger partial charge in [0, 0.05) is 0 Å².